The third-order valence-corrected chi connectivity index (χ3v) is 3.78. The molecule has 1 aromatic rings. The smallest absolute Gasteiger partial charge is 0.336 e. The van der Waals surface area contributed by atoms with E-state index in [0.717, 1.165) is 18.9 Å². The summed E-state index contributed by atoms with van der Waals surface area (Å²) in [5.41, 5.74) is -0.569. The second-order valence-corrected chi connectivity index (χ2v) is 6.47. The van der Waals surface area contributed by atoms with Crippen LogP contribution in [0.15, 0.2) is 24.3 Å². The summed E-state index contributed by atoms with van der Waals surface area (Å²) in [7, 11) is 0. The molecule has 0 radical (unpaired) electrons. The molecule has 1 fully saturated rings. The number of halogens is 3. The lowest BCUT2D eigenvalue weighted by molar-refractivity contribution is -0.138. The van der Waals surface area contributed by atoms with Crippen LogP contribution >= 0.6 is 0 Å². The van der Waals surface area contributed by atoms with Gasteiger partial charge in [0, 0.05) is 18.6 Å². The number of rotatable bonds is 6. The van der Waals surface area contributed by atoms with E-state index in [-0.39, 0.29) is 30.7 Å². The summed E-state index contributed by atoms with van der Waals surface area (Å²) in [5.74, 6) is -0.533. The van der Waals surface area contributed by atoms with E-state index in [2.05, 4.69) is 10.6 Å². The van der Waals surface area contributed by atoms with Crippen molar-refractivity contribution < 1.29 is 22.8 Å². The molecule has 8 heteroatoms. The van der Waals surface area contributed by atoms with Crippen LogP contribution in [0.2, 0.25) is 0 Å². The molecule has 0 spiro atoms. The Bertz CT molecular complexity index is 628. The van der Waals surface area contributed by atoms with Crippen molar-refractivity contribution in [2.24, 2.45) is 0 Å². The molecule has 0 bridgehead atoms. The average molecular weight is 357 g/mol. The molecule has 0 heterocycles. The fourth-order valence-electron chi connectivity index (χ4n) is 2.56. The summed E-state index contributed by atoms with van der Waals surface area (Å²) in [4.78, 5) is 25.3. The molecule has 5 nitrogen and oxygen atoms in total. The fourth-order valence-corrected chi connectivity index (χ4v) is 2.56. The van der Waals surface area contributed by atoms with E-state index in [1.54, 1.807) is 24.8 Å². The molecule has 1 aliphatic rings. The van der Waals surface area contributed by atoms with E-state index in [1.807, 2.05) is 0 Å². The Morgan fingerprint density at radius 1 is 1.24 bits per heavy atom. The summed E-state index contributed by atoms with van der Waals surface area (Å²) in [6.07, 6.45) is -2.77. The summed E-state index contributed by atoms with van der Waals surface area (Å²) in [6, 6.07) is 4.69. The van der Waals surface area contributed by atoms with Gasteiger partial charge in [-0.2, -0.15) is 13.2 Å². The number of hydrogen-bond donors (Lipinski definition) is 2. The zero-order chi connectivity index (χ0) is 18.6. The lowest BCUT2D eigenvalue weighted by atomic mass is 10.1. The average Bonchev–Trinajstić information content (AvgIpc) is 3.29. The third-order valence-electron chi connectivity index (χ3n) is 3.78. The number of alkyl halides is 3. The molecule has 2 rings (SSSR count). The van der Waals surface area contributed by atoms with Crippen molar-refractivity contribution in [3.8, 4) is 0 Å². The number of amides is 3. The van der Waals surface area contributed by atoms with E-state index < -0.39 is 23.7 Å². The van der Waals surface area contributed by atoms with Gasteiger partial charge in [0.15, 0.2) is 0 Å². The molecular formula is C17H22F3N3O2. The Hall–Kier alpha value is -2.09. The zero-order valence-corrected chi connectivity index (χ0v) is 14.2. The minimum Gasteiger partial charge on any atom is -0.336 e. The highest BCUT2D eigenvalue weighted by Gasteiger charge is 2.36. The number of imide groups is 1. The van der Waals surface area contributed by atoms with Crippen molar-refractivity contribution in [2.75, 3.05) is 6.54 Å². The SMILES string of the molecule is CC(C)NC(=O)NC(=O)CN(Cc1ccccc1C(F)(F)F)C1CC1. The highest BCUT2D eigenvalue weighted by molar-refractivity contribution is 5.95. The quantitative estimate of drug-likeness (QED) is 0.823. The standard InChI is InChI=1S/C17H22F3N3O2/c1-11(2)21-16(25)22-15(24)10-23(13-7-8-13)9-12-5-3-4-6-14(12)17(18,19)20/h3-6,11,13H,7-10H2,1-2H3,(H2,21,22,24,25). The van der Waals surface area contributed by atoms with Gasteiger partial charge in [0.1, 0.15) is 0 Å². The number of urea groups is 1. The van der Waals surface area contributed by atoms with Crippen LogP contribution in [0.1, 0.15) is 37.8 Å². The highest BCUT2D eigenvalue weighted by Crippen LogP contribution is 2.34. The van der Waals surface area contributed by atoms with Crippen LogP contribution in [0.3, 0.4) is 0 Å². The van der Waals surface area contributed by atoms with Crippen molar-refractivity contribution in [1.82, 2.24) is 15.5 Å². The molecule has 138 valence electrons. The minimum atomic E-state index is -4.44. The molecule has 0 unspecified atom stereocenters. The van der Waals surface area contributed by atoms with Gasteiger partial charge in [0.25, 0.3) is 0 Å². The van der Waals surface area contributed by atoms with E-state index in [1.165, 1.54) is 12.1 Å². The Labute approximate surface area is 144 Å². The number of nitrogens with one attached hydrogen (secondary N) is 2. The lowest BCUT2D eigenvalue weighted by Crippen LogP contribution is -2.46. The maximum Gasteiger partial charge on any atom is 0.416 e. The highest BCUT2D eigenvalue weighted by atomic mass is 19.4. The molecule has 1 saturated carbocycles. The second-order valence-electron chi connectivity index (χ2n) is 6.47. The van der Waals surface area contributed by atoms with Gasteiger partial charge < -0.3 is 5.32 Å². The van der Waals surface area contributed by atoms with E-state index in [9.17, 15) is 22.8 Å². The molecule has 1 aromatic carbocycles. The zero-order valence-electron chi connectivity index (χ0n) is 14.2. The number of benzene rings is 1. The predicted molar refractivity (Wildman–Crippen MR) is 86.7 cm³/mol. The fraction of sp³-hybridized carbons (Fsp3) is 0.529. The molecule has 25 heavy (non-hydrogen) atoms. The second kappa shape index (κ2) is 7.86. The Morgan fingerprint density at radius 3 is 2.44 bits per heavy atom. The number of hydrogen-bond acceptors (Lipinski definition) is 3. The van der Waals surface area contributed by atoms with Crippen molar-refractivity contribution in [2.45, 2.75) is 51.5 Å². The first-order valence-corrected chi connectivity index (χ1v) is 8.16. The molecule has 0 atom stereocenters. The van der Waals surface area contributed by atoms with Crippen LogP contribution in [0, 0.1) is 0 Å². The van der Waals surface area contributed by atoms with Gasteiger partial charge in [-0.3, -0.25) is 15.0 Å². The molecular weight excluding hydrogens is 335 g/mol. The first-order chi connectivity index (χ1) is 11.7. The maximum absolute atomic E-state index is 13.1. The first kappa shape index (κ1) is 19.2. The normalized spacial score (nSPS) is 14.7. The van der Waals surface area contributed by atoms with Crippen molar-refractivity contribution in [3.05, 3.63) is 35.4 Å². The third kappa shape index (κ3) is 6.04. The Kier molecular flexibility index (Phi) is 6.05. The van der Waals surface area contributed by atoms with Crippen LogP contribution in [0.5, 0.6) is 0 Å². The van der Waals surface area contributed by atoms with Crippen LogP contribution < -0.4 is 10.6 Å². The van der Waals surface area contributed by atoms with E-state index in [0.29, 0.717) is 0 Å². The van der Waals surface area contributed by atoms with Gasteiger partial charge in [-0.15, -0.1) is 0 Å². The van der Waals surface area contributed by atoms with Gasteiger partial charge >= 0.3 is 12.2 Å². The monoisotopic (exact) mass is 357 g/mol. The molecule has 0 saturated heterocycles. The summed E-state index contributed by atoms with van der Waals surface area (Å²) >= 11 is 0. The van der Waals surface area contributed by atoms with Gasteiger partial charge in [-0.05, 0) is 38.3 Å². The van der Waals surface area contributed by atoms with Crippen LogP contribution in [-0.2, 0) is 17.5 Å². The van der Waals surface area contributed by atoms with Crippen LogP contribution in [0.25, 0.3) is 0 Å². The van der Waals surface area contributed by atoms with Gasteiger partial charge in [0.05, 0.1) is 12.1 Å². The van der Waals surface area contributed by atoms with Gasteiger partial charge in [-0.25, -0.2) is 4.79 Å². The summed E-state index contributed by atoms with van der Waals surface area (Å²) in [5, 5.41) is 4.73. The summed E-state index contributed by atoms with van der Waals surface area (Å²) in [6.45, 7) is 3.41. The largest absolute Gasteiger partial charge is 0.416 e. The van der Waals surface area contributed by atoms with Gasteiger partial charge in [0.2, 0.25) is 5.91 Å². The van der Waals surface area contributed by atoms with Crippen molar-refractivity contribution in [1.29, 1.82) is 0 Å². The lowest BCUT2D eigenvalue weighted by Gasteiger charge is -2.23. The molecule has 2 N–H and O–H groups in total. The topological polar surface area (TPSA) is 61.4 Å². The first-order valence-electron chi connectivity index (χ1n) is 8.16. The molecule has 0 aliphatic heterocycles. The molecule has 3 amide bonds. The van der Waals surface area contributed by atoms with Gasteiger partial charge in [-0.1, -0.05) is 18.2 Å². The number of carbonyl (C=O) groups excluding carboxylic acids is 2. The van der Waals surface area contributed by atoms with E-state index in [4.69, 9.17) is 0 Å². The number of nitrogens with zero attached hydrogens (tertiary/aromatic N) is 1. The van der Waals surface area contributed by atoms with Crippen molar-refractivity contribution >= 4 is 11.9 Å². The molecule has 0 aromatic heterocycles. The van der Waals surface area contributed by atoms with Crippen molar-refractivity contribution in [3.63, 3.8) is 0 Å². The minimum absolute atomic E-state index is 0.0135. The Balaban J connectivity index is 2.03. The maximum atomic E-state index is 13.1. The van der Waals surface area contributed by atoms with E-state index >= 15 is 0 Å². The molecule has 1 aliphatic carbocycles. The predicted octanol–water partition coefficient (Wildman–Crippen LogP) is 2.90. The Morgan fingerprint density at radius 2 is 1.88 bits per heavy atom. The van der Waals surface area contributed by atoms with Crippen LogP contribution in [-0.4, -0.2) is 35.5 Å². The summed E-state index contributed by atoms with van der Waals surface area (Å²) < 4.78 is 39.4. The number of carbonyl (C=O) groups is 2. The van der Waals surface area contributed by atoms with Crippen LogP contribution in [0.4, 0.5) is 18.0 Å².